The van der Waals surface area contributed by atoms with Crippen LogP contribution in [0.15, 0.2) is 33.2 Å². The minimum absolute atomic E-state index is 0.0547. The van der Waals surface area contributed by atoms with Crippen molar-refractivity contribution in [3.63, 3.8) is 0 Å². The van der Waals surface area contributed by atoms with Crippen molar-refractivity contribution in [2.24, 2.45) is 4.99 Å². The quantitative estimate of drug-likeness (QED) is 0.303. The Morgan fingerprint density at radius 2 is 2.23 bits per heavy atom. The zero-order valence-corrected chi connectivity index (χ0v) is 20.1. The fraction of sp³-hybridized carbons (Fsp3) is 0.400. The summed E-state index contributed by atoms with van der Waals surface area (Å²) in [6, 6.07) is 6.00. The molecule has 3 heterocycles. The van der Waals surface area contributed by atoms with Gasteiger partial charge in [0.2, 0.25) is 5.91 Å². The van der Waals surface area contributed by atoms with Crippen LogP contribution in [0.3, 0.4) is 0 Å². The van der Waals surface area contributed by atoms with Crippen molar-refractivity contribution in [1.82, 2.24) is 20.5 Å². The largest absolute Gasteiger partial charge is 0.522 e. The summed E-state index contributed by atoms with van der Waals surface area (Å²) in [6.45, 7) is -0.921. The summed E-state index contributed by atoms with van der Waals surface area (Å²) in [5.74, 6) is 0.526. The number of aliphatic imine (C=N–C) groups is 1. The lowest BCUT2D eigenvalue weighted by Crippen LogP contribution is -2.53. The summed E-state index contributed by atoms with van der Waals surface area (Å²) in [7, 11) is -1.56. The predicted octanol–water partition coefficient (Wildman–Crippen LogP) is 2.56. The second kappa shape index (κ2) is 11.2. The Hall–Kier alpha value is -2.94. The number of benzene rings is 1. The molecule has 188 valence electrons. The van der Waals surface area contributed by atoms with Gasteiger partial charge < -0.3 is 24.2 Å². The van der Waals surface area contributed by atoms with Gasteiger partial charge in [-0.3, -0.25) is 9.53 Å². The number of hydrogen-bond acceptors (Lipinski definition) is 9. The van der Waals surface area contributed by atoms with Crippen molar-refractivity contribution < 1.29 is 36.6 Å². The molecule has 4 rings (SSSR count). The van der Waals surface area contributed by atoms with E-state index in [1.165, 1.54) is 0 Å². The number of rotatable bonds is 8. The lowest BCUT2D eigenvalue weighted by molar-refractivity contribution is -0.325. The van der Waals surface area contributed by atoms with Gasteiger partial charge >= 0.3 is 18.5 Å². The van der Waals surface area contributed by atoms with Crippen LogP contribution in [-0.2, 0) is 9.53 Å². The molecule has 1 aromatic carbocycles. The number of fused-ring (bicyclic) bond motifs is 1. The number of ether oxygens (including phenoxy) is 3. The summed E-state index contributed by atoms with van der Waals surface area (Å²) in [4.78, 5) is 19.9. The van der Waals surface area contributed by atoms with E-state index in [1.807, 2.05) is 12.1 Å². The molecule has 10 nitrogen and oxygen atoms in total. The van der Waals surface area contributed by atoms with Crippen LogP contribution in [-0.4, -0.2) is 69.7 Å². The molecule has 0 saturated carbocycles. The first kappa shape index (κ1) is 25.2. The normalized spacial score (nSPS) is 20.2. The van der Waals surface area contributed by atoms with Crippen LogP contribution in [0.5, 0.6) is 11.8 Å². The topological polar surface area (TPSA) is 120 Å². The van der Waals surface area contributed by atoms with Gasteiger partial charge in [-0.05, 0) is 36.7 Å². The Morgan fingerprint density at radius 1 is 1.37 bits per heavy atom. The van der Waals surface area contributed by atoms with Gasteiger partial charge in [0.1, 0.15) is 19.0 Å². The lowest BCUT2D eigenvalue weighted by Gasteiger charge is -2.27. The van der Waals surface area contributed by atoms with Crippen LogP contribution in [0.1, 0.15) is 12.0 Å². The maximum absolute atomic E-state index is 12.7. The molecular weight excluding hydrogens is 511 g/mol. The van der Waals surface area contributed by atoms with Crippen LogP contribution in [0.2, 0.25) is 11.1 Å². The number of hydrogen-bond donors (Lipinski definition) is 2. The standard InChI is InChI=1S/C20H21ClF3N5O5Si/c21-14-2-1-12-7-13(10-32-16(12)8-14)17(30)29-35-6-3-15(26-11-35)9-25-18-27-28-19(34-18)31-4-5-33-20(22,23)24/h1-2,7-9,15,26,35H,3-6,10-11H2,(H,29,30)/b25-9-/t15?,35-/m0/s1. The minimum Gasteiger partial charge on any atom is -0.488 e. The average Bonchev–Trinajstić information content (AvgIpc) is 3.28. The Labute approximate surface area is 204 Å². The molecule has 0 aliphatic carbocycles. The van der Waals surface area contributed by atoms with Crippen molar-refractivity contribution >= 4 is 44.8 Å². The molecule has 2 N–H and O–H groups in total. The van der Waals surface area contributed by atoms with E-state index in [-0.39, 0.29) is 30.6 Å². The van der Waals surface area contributed by atoms with Crippen molar-refractivity contribution in [3.8, 4) is 11.8 Å². The first-order valence-electron chi connectivity index (χ1n) is 10.6. The highest BCUT2D eigenvalue weighted by Gasteiger charge is 2.29. The van der Waals surface area contributed by atoms with E-state index in [4.69, 9.17) is 25.5 Å². The smallest absolute Gasteiger partial charge is 0.488 e. The second-order valence-corrected chi connectivity index (χ2v) is 10.8. The van der Waals surface area contributed by atoms with E-state index < -0.39 is 28.5 Å². The molecule has 0 spiro atoms. The summed E-state index contributed by atoms with van der Waals surface area (Å²) in [5.41, 5.74) is 1.38. The molecule has 2 aromatic rings. The third-order valence-corrected chi connectivity index (χ3v) is 7.77. The maximum Gasteiger partial charge on any atom is 0.522 e. The molecule has 35 heavy (non-hydrogen) atoms. The highest BCUT2D eigenvalue weighted by molar-refractivity contribution is 6.60. The van der Waals surface area contributed by atoms with Crippen LogP contribution in [0.25, 0.3) is 6.08 Å². The number of carbonyl (C=O) groups excluding carboxylic acids is 1. The highest BCUT2D eigenvalue weighted by atomic mass is 35.5. The third-order valence-electron chi connectivity index (χ3n) is 5.10. The number of alkyl halides is 3. The van der Waals surface area contributed by atoms with Gasteiger partial charge in [0.25, 0.3) is 0 Å². The fourth-order valence-corrected chi connectivity index (χ4v) is 5.95. The van der Waals surface area contributed by atoms with E-state index >= 15 is 0 Å². The second-order valence-electron chi connectivity index (χ2n) is 7.67. The molecule has 1 unspecified atom stereocenters. The summed E-state index contributed by atoms with van der Waals surface area (Å²) >= 11 is 5.97. The molecule has 1 fully saturated rings. The number of nitrogens with one attached hydrogen (secondary N) is 2. The highest BCUT2D eigenvalue weighted by Crippen LogP contribution is 2.29. The van der Waals surface area contributed by atoms with Gasteiger partial charge in [-0.2, -0.15) is 0 Å². The fourth-order valence-electron chi connectivity index (χ4n) is 3.43. The van der Waals surface area contributed by atoms with Crippen molar-refractivity contribution in [2.45, 2.75) is 24.9 Å². The maximum atomic E-state index is 12.7. The van der Waals surface area contributed by atoms with Gasteiger partial charge in [0, 0.05) is 29.0 Å². The van der Waals surface area contributed by atoms with Gasteiger partial charge in [-0.15, -0.1) is 13.2 Å². The van der Waals surface area contributed by atoms with E-state index in [0.29, 0.717) is 22.5 Å². The molecule has 2 aliphatic rings. The van der Waals surface area contributed by atoms with Gasteiger partial charge in [-0.1, -0.05) is 21.8 Å². The molecular formula is C20H21ClF3N5O5Si. The van der Waals surface area contributed by atoms with Gasteiger partial charge in [0.05, 0.1) is 12.2 Å². The molecule has 0 bridgehead atoms. The van der Waals surface area contributed by atoms with Gasteiger partial charge in [0.15, 0.2) is 8.96 Å². The number of amides is 1. The van der Waals surface area contributed by atoms with E-state index in [1.54, 1.807) is 18.3 Å². The molecule has 1 amide bonds. The lowest BCUT2D eigenvalue weighted by atomic mass is 10.1. The first-order chi connectivity index (χ1) is 16.7. The number of aromatic nitrogens is 2. The van der Waals surface area contributed by atoms with Gasteiger partial charge in [-0.25, -0.2) is 4.99 Å². The molecule has 2 aliphatic heterocycles. The molecule has 0 radical (unpaired) electrons. The Kier molecular flexibility index (Phi) is 8.05. The van der Waals surface area contributed by atoms with Crippen LogP contribution in [0.4, 0.5) is 19.2 Å². The Bertz CT molecular complexity index is 1110. The summed E-state index contributed by atoms with van der Waals surface area (Å²) < 4.78 is 55.0. The van der Waals surface area contributed by atoms with Crippen molar-refractivity contribution in [2.75, 3.05) is 26.0 Å². The molecule has 2 atom stereocenters. The SMILES string of the molecule is O=C(N[Si@H]1CCC(/C=N\c2nnc(OCCOC(F)(F)F)o2)NC1)C1=Cc2ccc(Cl)cc2OC1. The molecule has 15 heteroatoms. The molecule has 1 saturated heterocycles. The number of carbonyl (C=O) groups is 1. The van der Waals surface area contributed by atoms with Crippen LogP contribution >= 0.6 is 11.6 Å². The summed E-state index contributed by atoms with van der Waals surface area (Å²) in [6.07, 6.45) is -0.188. The monoisotopic (exact) mass is 531 g/mol. The average molecular weight is 532 g/mol. The number of halogens is 4. The van der Waals surface area contributed by atoms with Crippen molar-refractivity contribution in [1.29, 1.82) is 0 Å². The van der Waals surface area contributed by atoms with Crippen LogP contribution < -0.4 is 19.8 Å². The predicted molar refractivity (Wildman–Crippen MR) is 121 cm³/mol. The Balaban J connectivity index is 1.19. The zero-order valence-electron chi connectivity index (χ0n) is 18.2. The van der Waals surface area contributed by atoms with E-state index in [2.05, 4.69) is 30.2 Å². The van der Waals surface area contributed by atoms with Crippen LogP contribution in [0, 0.1) is 0 Å². The number of nitrogens with zero attached hydrogens (tertiary/aromatic N) is 3. The van der Waals surface area contributed by atoms with Crippen molar-refractivity contribution in [3.05, 3.63) is 34.4 Å². The Morgan fingerprint density at radius 3 is 3.00 bits per heavy atom. The minimum atomic E-state index is -4.73. The zero-order chi connectivity index (χ0) is 24.8. The third kappa shape index (κ3) is 7.52. The van der Waals surface area contributed by atoms with E-state index in [0.717, 1.165) is 18.0 Å². The molecule has 1 aromatic heterocycles. The van der Waals surface area contributed by atoms with E-state index in [9.17, 15) is 18.0 Å². The summed E-state index contributed by atoms with van der Waals surface area (Å²) in [5, 5.41) is 11.1. The first-order valence-corrected chi connectivity index (χ1v) is 13.2.